The normalized spacial score (nSPS) is 23.9. The number of halogens is 1. The Bertz CT molecular complexity index is 2550. The zero-order chi connectivity index (χ0) is 46.1. The number of thiazole rings is 1. The number of aromatic nitrogens is 3. The maximum absolute atomic E-state index is 14.8. The van der Waals surface area contributed by atoms with Crippen LogP contribution >= 0.6 is 27.3 Å². The quantitative estimate of drug-likeness (QED) is 0.114. The van der Waals surface area contributed by atoms with Crippen LogP contribution in [0.1, 0.15) is 110 Å². The number of rotatable bonds is 11. The Morgan fingerprint density at radius 1 is 1.08 bits per heavy atom. The fraction of sp³-hybridized carbons (Fsp3) is 0.532. The second kappa shape index (κ2) is 19.2. The van der Waals surface area contributed by atoms with Crippen molar-refractivity contribution in [2.75, 3.05) is 20.6 Å². The number of hydrogen-bond donors (Lipinski definition) is 1. The Kier molecular flexibility index (Phi) is 14.2. The number of para-hydroxylation sites is 1. The molecule has 7 rings (SSSR count). The van der Waals surface area contributed by atoms with Crippen molar-refractivity contribution in [2.24, 2.45) is 17.3 Å². The Hall–Kier alpha value is -4.45. The van der Waals surface area contributed by atoms with Crippen molar-refractivity contribution in [1.82, 2.24) is 28.5 Å². The van der Waals surface area contributed by atoms with E-state index in [4.69, 9.17) is 19.4 Å². The first kappa shape index (κ1) is 47.5. The van der Waals surface area contributed by atoms with E-state index in [1.54, 1.807) is 32.1 Å². The van der Waals surface area contributed by atoms with Crippen LogP contribution in [0.5, 0.6) is 6.01 Å². The van der Waals surface area contributed by atoms with Crippen molar-refractivity contribution in [1.29, 1.82) is 0 Å². The van der Waals surface area contributed by atoms with E-state index < -0.39 is 51.2 Å². The maximum atomic E-state index is 14.8. The molecule has 2 aliphatic heterocycles. The molecule has 0 unspecified atom stereocenters. The number of allylic oxidation sites excluding steroid dienone is 2. The van der Waals surface area contributed by atoms with Crippen LogP contribution in [0, 0.1) is 17.3 Å². The van der Waals surface area contributed by atoms with Crippen LogP contribution < -0.4 is 9.46 Å². The molecular formula is C47H59BrN6O8S2. The number of imidazole rings is 1. The summed E-state index contributed by atoms with van der Waals surface area (Å²) in [5.74, 6) is -3.09. The van der Waals surface area contributed by atoms with Gasteiger partial charge in [-0.25, -0.2) is 9.71 Å². The maximum Gasteiger partial charge on any atom is 0.307 e. The smallest absolute Gasteiger partial charge is 0.307 e. The van der Waals surface area contributed by atoms with E-state index in [9.17, 15) is 27.6 Å². The predicted octanol–water partition coefficient (Wildman–Crippen LogP) is 8.20. The van der Waals surface area contributed by atoms with Gasteiger partial charge in [0.2, 0.25) is 11.8 Å². The van der Waals surface area contributed by atoms with Gasteiger partial charge in [-0.1, -0.05) is 59.1 Å². The molecule has 1 N–H and O–H groups in total. The lowest BCUT2D eigenvalue weighted by molar-refractivity contribution is -0.159. The number of Topliss-reactive ketones (excluding diaryl/α,β-unsaturated/α-hetero) is 1. The second-order valence-electron chi connectivity index (χ2n) is 18.8. The summed E-state index contributed by atoms with van der Waals surface area (Å²) in [5.41, 5.74) is 2.43. The van der Waals surface area contributed by atoms with Crippen molar-refractivity contribution in [2.45, 2.75) is 123 Å². The van der Waals surface area contributed by atoms with Crippen LogP contribution in [0.3, 0.4) is 0 Å². The molecule has 2 aromatic carbocycles. The number of fused-ring (bicyclic) bond motifs is 3. The number of ether oxygens (including phenoxy) is 2. The van der Waals surface area contributed by atoms with E-state index in [0.29, 0.717) is 30.8 Å². The standard InChI is InChI=1S/C47H59BrN6O8S2/c1-29(2)54-37-20-14-19-36(42-49-34(28-63-42)22-30-15-13-18-33(48)21-30)41(37)50-45(54)61-35-24-38-39(55)26-47(44(58)51-64(59,60)52(6)7)25-32(47)17-12-10-8-9-11-16-31(43(57)53(38)27-35)23-40(56)62-46(3,4)5/h12-15,17-21,28-29,31-32,35,38H,8-11,16,22-27H2,1-7H3,(H,51,58)/b17-12-/t31-,32-,35-,38+,47-/m1/s1. The molecule has 2 amide bonds. The number of nitrogens with one attached hydrogen (secondary N) is 1. The molecule has 2 aromatic heterocycles. The molecule has 0 bridgehead atoms. The minimum Gasteiger partial charge on any atom is -0.460 e. The Balaban J connectivity index is 1.21. The van der Waals surface area contributed by atoms with Crippen LogP contribution in [0.15, 0.2) is 64.5 Å². The number of nitrogens with zero attached hydrogens (tertiary/aromatic N) is 5. The third-order valence-electron chi connectivity index (χ3n) is 12.2. The highest BCUT2D eigenvalue weighted by atomic mass is 79.9. The third kappa shape index (κ3) is 10.8. The van der Waals surface area contributed by atoms with E-state index in [2.05, 4.69) is 38.2 Å². The Morgan fingerprint density at radius 3 is 2.56 bits per heavy atom. The lowest BCUT2D eigenvalue weighted by Crippen LogP contribution is -2.47. The lowest BCUT2D eigenvalue weighted by atomic mass is 9.90. The van der Waals surface area contributed by atoms with E-state index in [1.165, 1.54) is 19.0 Å². The molecule has 4 aromatic rings. The summed E-state index contributed by atoms with van der Waals surface area (Å²) >= 11 is 5.11. The van der Waals surface area contributed by atoms with E-state index in [0.717, 1.165) is 55.4 Å². The molecule has 1 aliphatic carbocycles. The summed E-state index contributed by atoms with van der Waals surface area (Å²) in [7, 11) is -1.50. The van der Waals surface area contributed by atoms with E-state index in [1.807, 2.05) is 60.9 Å². The second-order valence-corrected chi connectivity index (χ2v) is 22.5. The molecule has 5 atom stereocenters. The van der Waals surface area contributed by atoms with Gasteiger partial charge in [0.1, 0.15) is 22.2 Å². The molecule has 14 nitrogen and oxygen atoms in total. The molecule has 1 saturated heterocycles. The number of ketones is 1. The number of amides is 2. The summed E-state index contributed by atoms with van der Waals surface area (Å²) in [6.07, 6.45) is 7.32. The van der Waals surface area contributed by atoms with Crippen molar-refractivity contribution in [3.05, 3.63) is 75.7 Å². The van der Waals surface area contributed by atoms with Crippen molar-refractivity contribution >= 4 is 72.1 Å². The molecular weight excluding hydrogens is 921 g/mol. The molecule has 2 fully saturated rings. The molecule has 0 spiro atoms. The van der Waals surface area contributed by atoms with Crippen molar-refractivity contribution < 1.29 is 37.1 Å². The van der Waals surface area contributed by atoms with Crippen molar-refractivity contribution in [3.63, 3.8) is 0 Å². The lowest BCUT2D eigenvalue weighted by Gasteiger charge is -2.29. The zero-order valence-electron chi connectivity index (χ0n) is 37.6. The summed E-state index contributed by atoms with van der Waals surface area (Å²) in [6.45, 7) is 9.45. The summed E-state index contributed by atoms with van der Waals surface area (Å²) in [6, 6.07) is 13.4. The number of benzene rings is 2. The van der Waals surface area contributed by atoms with Gasteiger partial charge in [0.25, 0.3) is 6.01 Å². The van der Waals surface area contributed by atoms with Gasteiger partial charge in [0.15, 0.2) is 5.78 Å². The largest absolute Gasteiger partial charge is 0.460 e. The van der Waals surface area contributed by atoms with Gasteiger partial charge >= 0.3 is 16.2 Å². The fourth-order valence-corrected chi connectivity index (χ4v) is 10.8. The molecule has 1 saturated carbocycles. The van der Waals surface area contributed by atoms with Gasteiger partial charge < -0.3 is 14.4 Å². The van der Waals surface area contributed by atoms with Crippen LogP contribution in [-0.4, -0.2) is 94.1 Å². The molecule has 64 heavy (non-hydrogen) atoms. The van der Waals surface area contributed by atoms with Crippen LogP contribution in [0.2, 0.25) is 0 Å². The first-order valence-corrected chi connectivity index (χ1v) is 25.2. The molecule has 4 heterocycles. The predicted molar refractivity (Wildman–Crippen MR) is 250 cm³/mol. The summed E-state index contributed by atoms with van der Waals surface area (Å²) in [4.78, 5) is 68.4. The highest BCUT2D eigenvalue weighted by Crippen LogP contribution is 2.57. The third-order valence-corrected chi connectivity index (χ3v) is 15.0. The van der Waals surface area contributed by atoms with Gasteiger partial charge in [-0.15, -0.1) is 11.3 Å². The highest BCUT2D eigenvalue weighted by Gasteiger charge is 2.61. The fourth-order valence-electron chi connectivity index (χ4n) is 8.89. The molecule has 344 valence electrons. The van der Waals surface area contributed by atoms with E-state index >= 15 is 0 Å². The van der Waals surface area contributed by atoms with Gasteiger partial charge in [0.05, 0.1) is 35.6 Å². The van der Waals surface area contributed by atoms with Gasteiger partial charge in [-0.2, -0.15) is 17.7 Å². The van der Waals surface area contributed by atoms with Crippen LogP contribution in [0.4, 0.5) is 0 Å². The highest BCUT2D eigenvalue weighted by molar-refractivity contribution is 9.10. The SMILES string of the molecule is CC(C)n1c(O[C@@H]2C[C@H]3C(=O)C[C@]4(C(=O)NS(=O)(=O)N(C)C)C[C@H]4/C=C\CCCCC[C@H](CC(=O)OC(C)(C)C)C(=O)N3C2)nc2c(-c3nc(Cc4cccc(Br)c4)cs3)cccc21. The van der Waals surface area contributed by atoms with Crippen molar-refractivity contribution in [3.8, 4) is 16.6 Å². The number of esters is 1. The average Bonchev–Trinajstić information content (AvgIpc) is 3.52. The molecule has 17 heteroatoms. The minimum absolute atomic E-state index is 0.0389. The van der Waals surface area contributed by atoms with Crippen LogP contribution in [-0.2, 0) is 40.5 Å². The monoisotopic (exact) mass is 978 g/mol. The summed E-state index contributed by atoms with van der Waals surface area (Å²) < 4.78 is 44.3. The topological polar surface area (TPSA) is 170 Å². The van der Waals surface area contributed by atoms with Gasteiger partial charge in [0, 0.05) is 60.7 Å². The van der Waals surface area contributed by atoms with Gasteiger partial charge in [-0.05, 0) is 96.0 Å². The first-order chi connectivity index (χ1) is 30.2. The summed E-state index contributed by atoms with van der Waals surface area (Å²) in [5, 5.41) is 2.88. The number of carbonyl (C=O) groups excluding carboxylic acids is 4. The number of carbonyl (C=O) groups is 4. The van der Waals surface area contributed by atoms with Crippen LogP contribution in [0.25, 0.3) is 21.6 Å². The molecule has 3 aliphatic rings. The Labute approximate surface area is 388 Å². The Morgan fingerprint density at radius 2 is 1.84 bits per heavy atom. The minimum atomic E-state index is -4.14. The number of hydrogen-bond acceptors (Lipinski definition) is 11. The molecule has 0 radical (unpaired) electrons. The first-order valence-electron chi connectivity index (χ1n) is 22.1. The van der Waals surface area contributed by atoms with E-state index in [-0.39, 0.29) is 55.9 Å². The average molecular weight is 980 g/mol. The zero-order valence-corrected chi connectivity index (χ0v) is 40.9. The van der Waals surface area contributed by atoms with Gasteiger partial charge in [-0.3, -0.25) is 23.7 Å².